The first-order valence-electron chi connectivity index (χ1n) is 6.20. The number of aromatic hydroxyl groups is 1. The Morgan fingerprint density at radius 2 is 2.15 bits per heavy atom. The Morgan fingerprint density at radius 3 is 2.85 bits per heavy atom. The summed E-state index contributed by atoms with van der Waals surface area (Å²) in [5, 5.41) is 15.0. The summed E-state index contributed by atoms with van der Waals surface area (Å²) in [4.78, 5) is 14.9. The molecule has 0 amide bonds. The van der Waals surface area contributed by atoms with Crippen LogP contribution in [0.2, 0.25) is 5.02 Å². The van der Waals surface area contributed by atoms with Gasteiger partial charge in [-0.3, -0.25) is 4.79 Å². The fraction of sp³-hybridized carbons (Fsp3) is 0.143. The molecule has 0 atom stereocenters. The Morgan fingerprint density at radius 1 is 1.40 bits per heavy atom. The molecule has 0 saturated heterocycles. The Balaban J connectivity index is 2.37. The van der Waals surface area contributed by atoms with E-state index in [1.165, 1.54) is 4.52 Å². The van der Waals surface area contributed by atoms with Gasteiger partial charge in [-0.1, -0.05) is 36.7 Å². The van der Waals surface area contributed by atoms with Gasteiger partial charge in [0.25, 0.3) is 5.56 Å². The minimum absolute atomic E-state index is 0.119. The summed E-state index contributed by atoms with van der Waals surface area (Å²) in [6.45, 7) is 1.95. The van der Waals surface area contributed by atoms with Gasteiger partial charge in [0.1, 0.15) is 11.2 Å². The average molecular weight is 290 g/mol. The highest BCUT2D eigenvalue weighted by Gasteiger charge is 2.17. The van der Waals surface area contributed by atoms with Crippen LogP contribution in [0.1, 0.15) is 12.6 Å². The molecule has 0 saturated carbocycles. The zero-order valence-corrected chi connectivity index (χ0v) is 11.5. The molecule has 0 spiro atoms. The van der Waals surface area contributed by atoms with Crippen LogP contribution in [0.4, 0.5) is 0 Å². The molecule has 6 heteroatoms. The van der Waals surface area contributed by atoms with E-state index >= 15 is 0 Å². The van der Waals surface area contributed by atoms with Gasteiger partial charge in [-0.25, -0.2) is 0 Å². The van der Waals surface area contributed by atoms with Crippen LogP contribution in [-0.4, -0.2) is 19.7 Å². The van der Waals surface area contributed by atoms with E-state index in [2.05, 4.69) is 10.1 Å². The second-order valence-corrected chi connectivity index (χ2v) is 4.83. The molecule has 102 valence electrons. The minimum atomic E-state index is -0.398. The van der Waals surface area contributed by atoms with E-state index in [1.807, 2.05) is 6.92 Å². The normalized spacial score (nSPS) is 11.1. The zero-order chi connectivity index (χ0) is 14.3. The molecule has 0 fully saturated rings. The van der Waals surface area contributed by atoms with Crippen molar-refractivity contribution in [3.63, 3.8) is 0 Å². The van der Waals surface area contributed by atoms with Gasteiger partial charge in [-0.15, -0.1) is 0 Å². The summed E-state index contributed by atoms with van der Waals surface area (Å²) in [5.74, 6) is -0.212. The van der Waals surface area contributed by atoms with Crippen molar-refractivity contribution in [2.45, 2.75) is 13.3 Å². The van der Waals surface area contributed by atoms with Gasteiger partial charge < -0.3 is 10.1 Å². The van der Waals surface area contributed by atoms with Gasteiger partial charge in [0, 0.05) is 16.7 Å². The predicted molar refractivity (Wildman–Crippen MR) is 77.3 cm³/mol. The van der Waals surface area contributed by atoms with Gasteiger partial charge in [0.05, 0.1) is 5.69 Å². The number of rotatable bonds is 2. The maximum absolute atomic E-state index is 12.2. The molecule has 0 unspecified atom stereocenters. The average Bonchev–Trinajstić information content (AvgIpc) is 2.84. The van der Waals surface area contributed by atoms with Crippen LogP contribution < -0.4 is 5.56 Å². The van der Waals surface area contributed by atoms with Gasteiger partial charge in [-0.05, 0) is 12.5 Å². The molecular weight excluding hydrogens is 278 g/mol. The summed E-state index contributed by atoms with van der Waals surface area (Å²) in [5.41, 5.74) is 1.44. The van der Waals surface area contributed by atoms with Crippen LogP contribution in [0.5, 0.6) is 5.88 Å². The maximum Gasteiger partial charge on any atom is 0.262 e. The summed E-state index contributed by atoms with van der Waals surface area (Å²) in [7, 11) is 0. The lowest BCUT2D eigenvalue weighted by Crippen LogP contribution is -2.12. The van der Waals surface area contributed by atoms with Gasteiger partial charge >= 0.3 is 0 Å². The topological polar surface area (TPSA) is 70.4 Å². The van der Waals surface area contributed by atoms with Crippen LogP contribution in [0, 0.1) is 0 Å². The van der Waals surface area contributed by atoms with Crippen molar-refractivity contribution in [2.75, 3.05) is 0 Å². The Kier molecular flexibility index (Phi) is 2.99. The number of hydrogen-bond acceptors (Lipinski definition) is 3. The minimum Gasteiger partial charge on any atom is -0.493 e. The van der Waals surface area contributed by atoms with Crippen molar-refractivity contribution in [2.24, 2.45) is 0 Å². The zero-order valence-electron chi connectivity index (χ0n) is 10.7. The number of aromatic nitrogens is 3. The molecule has 0 aliphatic carbocycles. The number of nitrogens with zero attached hydrogens (tertiary/aromatic N) is 2. The van der Waals surface area contributed by atoms with Gasteiger partial charge in [-0.2, -0.15) is 9.61 Å². The first-order valence-corrected chi connectivity index (χ1v) is 6.58. The molecule has 5 nitrogen and oxygen atoms in total. The van der Waals surface area contributed by atoms with Crippen LogP contribution in [0.15, 0.2) is 35.1 Å². The van der Waals surface area contributed by atoms with Crippen LogP contribution >= 0.6 is 11.6 Å². The molecule has 1 aromatic carbocycles. The van der Waals surface area contributed by atoms with Crippen molar-refractivity contribution < 1.29 is 5.11 Å². The van der Waals surface area contributed by atoms with Crippen LogP contribution in [0.3, 0.4) is 0 Å². The van der Waals surface area contributed by atoms with E-state index in [9.17, 15) is 9.90 Å². The number of aryl methyl sites for hydroxylation is 1. The third kappa shape index (κ3) is 1.87. The summed E-state index contributed by atoms with van der Waals surface area (Å²) in [6.07, 6.45) is 0.713. The Bertz CT molecular complexity index is 851. The number of hydrogen-bond donors (Lipinski definition) is 2. The fourth-order valence-corrected chi connectivity index (χ4v) is 2.38. The number of nitrogens with one attached hydrogen (secondary N) is 1. The van der Waals surface area contributed by atoms with Gasteiger partial charge in [0.2, 0.25) is 5.88 Å². The second kappa shape index (κ2) is 4.68. The second-order valence-electron chi connectivity index (χ2n) is 4.42. The smallest absolute Gasteiger partial charge is 0.262 e. The molecule has 0 bridgehead atoms. The number of benzene rings is 1. The highest BCUT2D eigenvalue weighted by Crippen LogP contribution is 2.31. The van der Waals surface area contributed by atoms with Gasteiger partial charge in [0.15, 0.2) is 0 Å². The first-order chi connectivity index (χ1) is 9.61. The largest absolute Gasteiger partial charge is 0.493 e. The molecule has 2 N–H and O–H groups in total. The number of fused-ring (bicyclic) bond motifs is 1. The SMILES string of the molecule is CCc1cc2[nH]c(=O)c(-c3ccccc3Cl)c(O)n2n1. The standard InChI is InChI=1S/C14H12ClN3O2/c1-2-8-7-11-16-13(19)12(14(20)18(11)17-8)9-5-3-4-6-10(9)15/h3-7,20H,2H2,1H3,(H,16,19). The van der Waals surface area contributed by atoms with E-state index in [-0.39, 0.29) is 11.4 Å². The lowest BCUT2D eigenvalue weighted by molar-refractivity contribution is 0.436. The maximum atomic E-state index is 12.2. The molecule has 20 heavy (non-hydrogen) atoms. The summed E-state index contributed by atoms with van der Waals surface area (Å²) < 4.78 is 1.32. The van der Waals surface area contributed by atoms with E-state index in [1.54, 1.807) is 30.3 Å². The molecule has 0 aliphatic heterocycles. The molecule has 2 heterocycles. The third-order valence-electron chi connectivity index (χ3n) is 3.16. The van der Waals surface area contributed by atoms with E-state index in [0.717, 1.165) is 5.69 Å². The van der Waals surface area contributed by atoms with E-state index in [4.69, 9.17) is 11.6 Å². The quantitative estimate of drug-likeness (QED) is 0.762. The molecule has 3 rings (SSSR count). The first kappa shape index (κ1) is 12.7. The third-order valence-corrected chi connectivity index (χ3v) is 3.49. The van der Waals surface area contributed by atoms with Crippen molar-refractivity contribution in [1.29, 1.82) is 0 Å². The highest BCUT2D eigenvalue weighted by atomic mass is 35.5. The van der Waals surface area contributed by atoms with E-state index in [0.29, 0.717) is 22.7 Å². The number of halogens is 1. The van der Waals surface area contributed by atoms with E-state index < -0.39 is 5.56 Å². The molecule has 0 radical (unpaired) electrons. The van der Waals surface area contributed by atoms with Crippen LogP contribution in [0.25, 0.3) is 16.8 Å². The Labute approximate surface area is 119 Å². The molecule has 0 aliphatic rings. The molecular formula is C14H12ClN3O2. The monoisotopic (exact) mass is 289 g/mol. The van der Waals surface area contributed by atoms with Crippen molar-refractivity contribution >= 4 is 17.2 Å². The van der Waals surface area contributed by atoms with Crippen molar-refractivity contribution in [1.82, 2.24) is 14.6 Å². The summed E-state index contributed by atoms with van der Waals surface area (Å²) in [6, 6.07) is 8.60. The van der Waals surface area contributed by atoms with Crippen LogP contribution in [-0.2, 0) is 6.42 Å². The summed E-state index contributed by atoms with van der Waals surface area (Å²) >= 11 is 6.09. The fourth-order valence-electron chi connectivity index (χ4n) is 2.15. The molecule has 2 aromatic heterocycles. The van der Waals surface area contributed by atoms with Crippen molar-refractivity contribution in [3.8, 4) is 17.0 Å². The number of H-pyrrole nitrogens is 1. The lowest BCUT2D eigenvalue weighted by Gasteiger charge is -2.07. The number of aromatic amines is 1. The Hall–Kier alpha value is -2.27. The van der Waals surface area contributed by atoms with Crippen molar-refractivity contribution in [3.05, 3.63) is 51.4 Å². The predicted octanol–water partition coefficient (Wildman–Crippen LogP) is 2.61. The highest BCUT2D eigenvalue weighted by molar-refractivity contribution is 6.33. The lowest BCUT2D eigenvalue weighted by atomic mass is 10.1. The molecule has 3 aromatic rings.